The number of H-pyrrole nitrogens is 1. The number of aromatic nitrogens is 4. The molecule has 3 atom stereocenters. The molecule has 0 spiro atoms. The van der Waals surface area contributed by atoms with Crippen molar-refractivity contribution in [2.24, 2.45) is 0 Å². The lowest BCUT2D eigenvalue weighted by Gasteiger charge is -2.51. The summed E-state index contributed by atoms with van der Waals surface area (Å²) in [4.78, 5) is 50.0. The number of carbonyl (C=O) groups is 3. The van der Waals surface area contributed by atoms with Crippen LogP contribution >= 0.6 is 35.3 Å². The zero-order valence-corrected chi connectivity index (χ0v) is 25.2. The summed E-state index contributed by atoms with van der Waals surface area (Å²) < 4.78 is 33.0. The average molecular weight is 656 g/mol. The van der Waals surface area contributed by atoms with E-state index < -0.39 is 45.6 Å². The van der Waals surface area contributed by atoms with Crippen LogP contribution in [0.2, 0.25) is 0 Å². The first-order chi connectivity index (χ1) is 21.2. The summed E-state index contributed by atoms with van der Waals surface area (Å²) in [5.41, 5.74) is 7.59. The third kappa shape index (κ3) is 5.84. The van der Waals surface area contributed by atoms with Crippen molar-refractivity contribution < 1.29 is 27.9 Å². The Kier molecular flexibility index (Phi) is 8.46. The van der Waals surface area contributed by atoms with E-state index in [0.717, 1.165) is 28.4 Å². The van der Waals surface area contributed by atoms with E-state index in [1.807, 2.05) is 12.1 Å². The minimum Gasteiger partial charge on any atom is -0.448 e. The fourth-order valence-electron chi connectivity index (χ4n) is 4.80. The number of hydrogen-bond acceptors (Lipinski definition) is 11. The average Bonchev–Trinajstić information content (AvgIpc) is 3.49. The Morgan fingerprint density at radius 1 is 1.09 bits per heavy atom. The van der Waals surface area contributed by atoms with Crippen molar-refractivity contribution in [1.82, 2.24) is 30.4 Å². The van der Waals surface area contributed by atoms with Gasteiger partial charge in [-0.25, -0.2) is 14.8 Å². The van der Waals surface area contributed by atoms with Crippen molar-refractivity contribution in [3.63, 3.8) is 0 Å². The van der Waals surface area contributed by atoms with Gasteiger partial charge in [-0.15, -0.1) is 11.8 Å². The van der Waals surface area contributed by atoms with Gasteiger partial charge >= 0.3 is 5.97 Å². The molecule has 2 amide bonds. The number of rotatable bonds is 9. The molecule has 0 bridgehead atoms. The molecule has 2 unspecified atom stereocenters. The van der Waals surface area contributed by atoms with E-state index >= 15 is 0 Å². The first-order valence-corrected chi connectivity index (χ1v) is 15.8. The highest BCUT2D eigenvalue weighted by Gasteiger charge is 2.57. The van der Waals surface area contributed by atoms with Crippen LogP contribution in [0, 0.1) is 0 Å². The molecule has 0 saturated carbocycles. The second kappa shape index (κ2) is 12.5. The highest BCUT2D eigenvalue weighted by Crippen LogP contribution is 2.52. The Hall–Kier alpha value is -4.15. The fourth-order valence-corrected chi connectivity index (χ4v) is 8.46. The Morgan fingerprint density at radius 2 is 1.75 bits per heavy atom. The number of anilines is 1. The molecule has 0 aliphatic carbocycles. The number of thioether (sulfide) groups is 3. The normalized spacial score (nSPS) is 19.7. The minimum atomic E-state index is -2.82. The van der Waals surface area contributed by atoms with Crippen LogP contribution in [0.15, 0.2) is 82.6 Å². The SMILES string of the molecule is CC(=O)NC1S[C@@H]2C(SC(F)F)C(=O)N2C(C(=O)OC(c2ccccc2)c2ccccc2)=C1Sc1nc(N)c2cn[nH]c2n1. The number of ether oxygens (including phenoxy) is 1. The zero-order valence-electron chi connectivity index (χ0n) is 22.7. The number of hydrogen-bond donors (Lipinski definition) is 3. The minimum absolute atomic E-state index is 0.100. The van der Waals surface area contributed by atoms with Crippen LogP contribution in [0.4, 0.5) is 14.6 Å². The molecule has 2 aromatic heterocycles. The maximum absolute atomic E-state index is 14.2. The standard InChI is InChI=1S/C28H23F2N7O4S3/c1-13(38)33-23-19(43-28-34-21(31)16-12-32-36-22(16)35-28)17(37-24(39)20(25(37)44-23)42-27(29)30)26(40)41-18(14-8-4-2-5-9-14)15-10-6-3-7-11-15/h2-12,18,20,23,25,27H,1H3,(H,33,38)(H3,31,32,34,35,36)/t20?,23?,25-/m1/s1. The predicted octanol–water partition coefficient (Wildman–Crippen LogP) is 4.27. The highest BCUT2D eigenvalue weighted by atomic mass is 32.2. The number of amides is 2. The Morgan fingerprint density at radius 3 is 2.36 bits per heavy atom. The van der Waals surface area contributed by atoms with Crippen LogP contribution in [0.3, 0.4) is 0 Å². The highest BCUT2D eigenvalue weighted by molar-refractivity contribution is 8.07. The number of esters is 1. The van der Waals surface area contributed by atoms with E-state index in [1.54, 1.807) is 48.5 Å². The number of nitrogens with one attached hydrogen (secondary N) is 2. The fraction of sp³-hybridized carbons (Fsp3) is 0.214. The van der Waals surface area contributed by atoms with Crippen LogP contribution in [-0.2, 0) is 19.1 Å². The van der Waals surface area contributed by atoms with E-state index in [9.17, 15) is 23.2 Å². The summed E-state index contributed by atoms with van der Waals surface area (Å²) in [6, 6.07) is 18.1. The van der Waals surface area contributed by atoms with Crippen molar-refractivity contribution in [3.05, 3.63) is 88.6 Å². The van der Waals surface area contributed by atoms with Gasteiger partial charge in [-0.3, -0.25) is 19.6 Å². The number of fused-ring (bicyclic) bond motifs is 2. The zero-order chi connectivity index (χ0) is 31.0. The summed E-state index contributed by atoms with van der Waals surface area (Å²) >= 11 is 2.16. The quantitative estimate of drug-likeness (QED) is 0.134. The van der Waals surface area contributed by atoms with Gasteiger partial charge in [0.15, 0.2) is 16.9 Å². The van der Waals surface area contributed by atoms with Crippen LogP contribution in [-0.4, -0.2) is 64.6 Å². The Balaban J connectivity index is 1.46. The van der Waals surface area contributed by atoms with Crippen LogP contribution < -0.4 is 11.1 Å². The molecule has 6 rings (SSSR count). The van der Waals surface area contributed by atoms with Gasteiger partial charge in [0.2, 0.25) is 11.8 Å². The molecule has 2 aliphatic heterocycles. The molecule has 1 fully saturated rings. The third-order valence-corrected chi connectivity index (χ3v) is 10.4. The van der Waals surface area contributed by atoms with Crippen molar-refractivity contribution >= 4 is 69.9 Å². The van der Waals surface area contributed by atoms with E-state index in [-0.39, 0.29) is 33.3 Å². The predicted molar refractivity (Wildman–Crippen MR) is 163 cm³/mol. The van der Waals surface area contributed by atoms with E-state index in [1.165, 1.54) is 13.1 Å². The summed E-state index contributed by atoms with van der Waals surface area (Å²) in [6.45, 7) is 1.29. The van der Waals surface area contributed by atoms with Gasteiger partial charge < -0.3 is 15.8 Å². The second-order valence-corrected chi connectivity index (χ2v) is 13.0. The number of alkyl halides is 2. The smallest absolute Gasteiger partial charge is 0.357 e. The lowest BCUT2D eigenvalue weighted by molar-refractivity contribution is -0.151. The third-order valence-electron chi connectivity index (χ3n) is 6.71. The van der Waals surface area contributed by atoms with Crippen molar-refractivity contribution in [3.8, 4) is 0 Å². The molecular formula is C28H23F2N7O4S3. The van der Waals surface area contributed by atoms with Gasteiger partial charge in [0.1, 0.15) is 27.5 Å². The molecule has 16 heteroatoms. The van der Waals surface area contributed by atoms with E-state index in [0.29, 0.717) is 22.2 Å². The second-order valence-electron chi connectivity index (χ2n) is 9.58. The summed E-state index contributed by atoms with van der Waals surface area (Å²) in [5, 5.41) is 7.06. The number of nitrogen functional groups attached to an aromatic ring is 1. The lowest BCUT2D eigenvalue weighted by atomic mass is 10.0. The largest absolute Gasteiger partial charge is 0.448 e. The van der Waals surface area contributed by atoms with Crippen LogP contribution in [0.5, 0.6) is 0 Å². The van der Waals surface area contributed by atoms with Gasteiger partial charge in [0.25, 0.3) is 5.76 Å². The number of benzene rings is 2. The maximum Gasteiger partial charge on any atom is 0.357 e. The van der Waals surface area contributed by atoms with E-state index in [4.69, 9.17) is 10.5 Å². The molecule has 4 N–H and O–H groups in total. The topological polar surface area (TPSA) is 156 Å². The lowest BCUT2D eigenvalue weighted by Crippen LogP contribution is -2.65. The van der Waals surface area contributed by atoms with Crippen molar-refractivity contribution in [1.29, 1.82) is 0 Å². The number of halogens is 2. The maximum atomic E-state index is 14.2. The molecule has 1 saturated heterocycles. The van der Waals surface area contributed by atoms with Crippen LogP contribution in [0.25, 0.3) is 11.0 Å². The van der Waals surface area contributed by atoms with Crippen molar-refractivity contribution in [2.75, 3.05) is 5.73 Å². The number of aromatic amines is 1. The molecule has 11 nitrogen and oxygen atoms in total. The molecule has 44 heavy (non-hydrogen) atoms. The molecule has 0 radical (unpaired) electrons. The monoisotopic (exact) mass is 655 g/mol. The summed E-state index contributed by atoms with van der Waals surface area (Å²) in [7, 11) is 0. The number of nitrogens with zero attached hydrogens (tertiary/aromatic N) is 4. The number of β-lactam (4-membered cyclic amide) rings is 1. The molecule has 4 aromatic rings. The van der Waals surface area contributed by atoms with Gasteiger partial charge in [0.05, 0.1) is 16.5 Å². The summed E-state index contributed by atoms with van der Waals surface area (Å²) in [6.07, 6.45) is 0.599. The Labute approximate surface area is 261 Å². The molecule has 226 valence electrons. The molecule has 4 heterocycles. The molecule has 2 aromatic carbocycles. The van der Waals surface area contributed by atoms with Crippen molar-refractivity contribution in [2.45, 2.75) is 39.9 Å². The molecule has 2 aliphatic rings. The number of carbonyl (C=O) groups excluding carboxylic acids is 3. The summed E-state index contributed by atoms with van der Waals surface area (Å²) in [5.74, 6) is -4.72. The Bertz CT molecular complexity index is 1720. The van der Waals surface area contributed by atoms with Gasteiger partial charge in [0, 0.05) is 6.92 Å². The number of nitrogens with two attached hydrogens (primary N) is 1. The van der Waals surface area contributed by atoms with Gasteiger partial charge in [-0.1, -0.05) is 72.4 Å². The van der Waals surface area contributed by atoms with Crippen LogP contribution in [0.1, 0.15) is 24.2 Å². The van der Waals surface area contributed by atoms with E-state index in [2.05, 4.69) is 25.5 Å². The first-order valence-electron chi connectivity index (χ1n) is 13.1. The van der Waals surface area contributed by atoms with Gasteiger partial charge in [-0.05, 0) is 22.9 Å². The van der Waals surface area contributed by atoms with Gasteiger partial charge in [-0.2, -0.15) is 13.9 Å². The first kappa shape index (κ1) is 29.9. The molecular weight excluding hydrogens is 633 g/mol.